The molecule has 1 spiro atoms. The van der Waals surface area contributed by atoms with Crippen molar-refractivity contribution in [3.63, 3.8) is 0 Å². The molecule has 3 nitrogen and oxygen atoms in total. The average Bonchev–Trinajstić information content (AvgIpc) is 3.23. The molecule has 0 aliphatic heterocycles. The second-order valence-corrected chi connectivity index (χ2v) is 7.25. The summed E-state index contributed by atoms with van der Waals surface area (Å²) in [5, 5.41) is 10.9. The third-order valence-electron chi connectivity index (χ3n) is 5.45. The van der Waals surface area contributed by atoms with Crippen molar-refractivity contribution in [2.45, 2.75) is 57.8 Å². The maximum absolute atomic E-state index is 10.9. The van der Waals surface area contributed by atoms with Crippen LogP contribution < -0.4 is 39.4 Å². The SMILES string of the molecule is CC#C[C@@H](CC(=O)[O-])c1ccc(OCC2=CC3(CCCC3)CC2)cc1.[Na+]. The third kappa shape index (κ3) is 5.39. The first-order valence-corrected chi connectivity index (χ1v) is 9.16. The van der Waals surface area contributed by atoms with Gasteiger partial charge in [-0.05, 0) is 61.3 Å². The van der Waals surface area contributed by atoms with Crippen LogP contribution in [0.4, 0.5) is 0 Å². The van der Waals surface area contributed by atoms with Crippen molar-refractivity contribution in [3.05, 3.63) is 41.5 Å². The Bertz CT molecular complexity index is 703. The van der Waals surface area contributed by atoms with Gasteiger partial charge in [-0.1, -0.05) is 37.0 Å². The maximum atomic E-state index is 10.9. The van der Waals surface area contributed by atoms with Crippen LogP contribution in [-0.2, 0) is 4.79 Å². The summed E-state index contributed by atoms with van der Waals surface area (Å²) in [4.78, 5) is 10.9. The first-order valence-electron chi connectivity index (χ1n) is 9.16. The van der Waals surface area contributed by atoms with E-state index >= 15 is 0 Å². The summed E-state index contributed by atoms with van der Waals surface area (Å²) in [5.41, 5.74) is 2.77. The maximum Gasteiger partial charge on any atom is 1.00 e. The van der Waals surface area contributed by atoms with Gasteiger partial charge in [-0.3, -0.25) is 0 Å². The van der Waals surface area contributed by atoms with Crippen LogP contribution in [0.2, 0.25) is 0 Å². The van der Waals surface area contributed by atoms with Crippen molar-refractivity contribution in [1.82, 2.24) is 0 Å². The zero-order valence-electron chi connectivity index (χ0n) is 15.8. The summed E-state index contributed by atoms with van der Waals surface area (Å²) >= 11 is 0. The molecule has 0 unspecified atom stereocenters. The van der Waals surface area contributed by atoms with E-state index in [2.05, 4.69) is 17.9 Å². The van der Waals surface area contributed by atoms with Crippen LogP contribution in [-0.4, -0.2) is 12.6 Å². The van der Waals surface area contributed by atoms with Crippen LogP contribution in [0.3, 0.4) is 0 Å². The summed E-state index contributed by atoms with van der Waals surface area (Å²) in [6.45, 7) is 2.37. The summed E-state index contributed by atoms with van der Waals surface area (Å²) in [6, 6.07) is 7.59. The van der Waals surface area contributed by atoms with Gasteiger partial charge in [0.15, 0.2) is 0 Å². The predicted octanol–water partition coefficient (Wildman–Crippen LogP) is 0.597. The third-order valence-corrected chi connectivity index (χ3v) is 5.45. The fraction of sp³-hybridized carbons (Fsp3) is 0.500. The smallest absolute Gasteiger partial charge is 0.550 e. The van der Waals surface area contributed by atoms with E-state index in [-0.39, 0.29) is 41.9 Å². The molecular formula is C22H25NaO3. The second kappa shape index (κ2) is 9.65. The van der Waals surface area contributed by atoms with E-state index in [0.717, 1.165) is 17.7 Å². The number of hydrogen-bond acceptors (Lipinski definition) is 3. The minimum Gasteiger partial charge on any atom is -0.550 e. The monoisotopic (exact) mass is 360 g/mol. The van der Waals surface area contributed by atoms with E-state index in [9.17, 15) is 9.90 Å². The van der Waals surface area contributed by atoms with Crippen LogP contribution in [0, 0.1) is 17.3 Å². The molecule has 1 aromatic rings. The molecule has 1 saturated carbocycles. The van der Waals surface area contributed by atoms with Crippen molar-refractivity contribution >= 4 is 5.97 Å². The van der Waals surface area contributed by atoms with Crippen LogP contribution in [0.1, 0.15) is 63.4 Å². The molecule has 3 rings (SSSR count). The van der Waals surface area contributed by atoms with Gasteiger partial charge in [0.2, 0.25) is 0 Å². The van der Waals surface area contributed by atoms with Crippen molar-refractivity contribution in [1.29, 1.82) is 0 Å². The molecule has 0 radical (unpaired) electrons. The summed E-state index contributed by atoms with van der Waals surface area (Å²) < 4.78 is 5.94. The van der Waals surface area contributed by atoms with Gasteiger partial charge in [0, 0.05) is 12.4 Å². The number of carboxylic acids is 1. The number of rotatable bonds is 6. The minimum atomic E-state index is -1.08. The molecular weight excluding hydrogens is 335 g/mol. The van der Waals surface area contributed by atoms with E-state index < -0.39 is 5.97 Å². The van der Waals surface area contributed by atoms with E-state index in [1.165, 1.54) is 37.7 Å². The number of allylic oxidation sites excluding steroid dienone is 1. The molecule has 0 amide bonds. The molecule has 0 N–H and O–H groups in total. The van der Waals surface area contributed by atoms with Crippen molar-refractivity contribution in [2.24, 2.45) is 5.41 Å². The molecule has 1 fully saturated rings. The Morgan fingerprint density at radius 2 is 1.92 bits per heavy atom. The first-order chi connectivity index (χ1) is 12.1. The Hall–Kier alpha value is -1.21. The number of carbonyl (C=O) groups excluding carboxylic acids is 1. The summed E-state index contributed by atoms with van der Waals surface area (Å²) in [6.07, 6.45) is 10.2. The predicted molar refractivity (Wildman–Crippen MR) is 96.0 cm³/mol. The molecule has 0 bridgehead atoms. The molecule has 0 aromatic heterocycles. The number of aliphatic carboxylic acids is 1. The van der Waals surface area contributed by atoms with Gasteiger partial charge in [0.05, 0.1) is 5.92 Å². The van der Waals surface area contributed by atoms with Gasteiger partial charge in [0.25, 0.3) is 0 Å². The number of ether oxygens (including phenoxy) is 1. The topological polar surface area (TPSA) is 49.4 Å². The Balaban J connectivity index is 0.00000243. The Kier molecular flexibility index (Phi) is 7.83. The molecule has 1 aromatic carbocycles. The van der Waals surface area contributed by atoms with Crippen LogP contribution in [0.25, 0.3) is 0 Å². The molecule has 2 aliphatic rings. The molecule has 4 heteroatoms. The Morgan fingerprint density at radius 1 is 1.23 bits per heavy atom. The summed E-state index contributed by atoms with van der Waals surface area (Å²) in [7, 11) is 0. The standard InChI is InChI=1S/C22H26O3.Na/c1-2-5-19(14-21(23)24)18-6-8-20(9-7-18)25-16-17-10-13-22(15-17)11-3-4-12-22;/h6-9,15,19H,3-4,10-14,16H2,1H3,(H,23,24);/q;+1/p-1/t19-;/m0./s1. The largest absolute Gasteiger partial charge is 1.00 e. The second-order valence-electron chi connectivity index (χ2n) is 7.25. The number of benzene rings is 1. The Morgan fingerprint density at radius 3 is 2.54 bits per heavy atom. The molecule has 26 heavy (non-hydrogen) atoms. The van der Waals surface area contributed by atoms with E-state index in [1.807, 2.05) is 24.3 Å². The van der Waals surface area contributed by atoms with Gasteiger partial charge < -0.3 is 14.6 Å². The van der Waals surface area contributed by atoms with E-state index in [0.29, 0.717) is 12.0 Å². The Labute approximate surface area is 178 Å². The molecule has 132 valence electrons. The first kappa shape index (κ1) is 21.1. The van der Waals surface area contributed by atoms with Gasteiger partial charge in [-0.25, -0.2) is 0 Å². The van der Waals surface area contributed by atoms with Gasteiger partial charge in [-0.15, -0.1) is 5.92 Å². The minimum absolute atomic E-state index is 0. The fourth-order valence-corrected chi connectivity index (χ4v) is 4.14. The molecule has 2 aliphatic carbocycles. The fourth-order valence-electron chi connectivity index (χ4n) is 4.14. The van der Waals surface area contributed by atoms with Gasteiger partial charge in [-0.2, -0.15) is 0 Å². The summed E-state index contributed by atoms with van der Waals surface area (Å²) in [5.74, 6) is 5.13. The molecule has 0 heterocycles. The van der Waals surface area contributed by atoms with Crippen molar-refractivity contribution in [2.75, 3.05) is 6.61 Å². The molecule has 1 atom stereocenters. The normalized spacial score (nSPS) is 18.4. The van der Waals surface area contributed by atoms with Crippen LogP contribution >= 0.6 is 0 Å². The quantitative estimate of drug-likeness (QED) is 0.424. The van der Waals surface area contributed by atoms with E-state index in [4.69, 9.17) is 4.74 Å². The van der Waals surface area contributed by atoms with Crippen LogP contribution in [0.5, 0.6) is 5.75 Å². The average molecular weight is 360 g/mol. The zero-order chi connectivity index (χ0) is 17.7. The van der Waals surface area contributed by atoms with Gasteiger partial charge in [0.1, 0.15) is 12.4 Å². The zero-order valence-corrected chi connectivity index (χ0v) is 17.8. The number of hydrogen-bond donors (Lipinski definition) is 0. The van der Waals surface area contributed by atoms with Crippen molar-refractivity contribution in [3.8, 4) is 17.6 Å². The van der Waals surface area contributed by atoms with Gasteiger partial charge >= 0.3 is 29.6 Å². The number of carboxylic acid groups (broad SMARTS) is 1. The van der Waals surface area contributed by atoms with E-state index in [1.54, 1.807) is 6.92 Å². The van der Waals surface area contributed by atoms with Crippen molar-refractivity contribution < 1.29 is 44.2 Å². The van der Waals surface area contributed by atoms with Crippen LogP contribution in [0.15, 0.2) is 35.9 Å². The molecule has 0 saturated heterocycles. The number of carbonyl (C=O) groups is 1.